The Morgan fingerprint density at radius 2 is 2.00 bits per heavy atom. The molecule has 0 atom stereocenters. The summed E-state index contributed by atoms with van der Waals surface area (Å²) >= 11 is 0. The Morgan fingerprint density at radius 3 is 2.59 bits per heavy atom. The Labute approximate surface area is 129 Å². The van der Waals surface area contributed by atoms with Gasteiger partial charge in [0.2, 0.25) is 10.0 Å². The molecule has 7 nitrogen and oxygen atoms in total. The number of hydrogen-bond acceptors (Lipinski definition) is 5. The number of nitriles is 1. The van der Waals surface area contributed by atoms with Gasteiger partial charge in [-0.3, -0.25) is 0 Å². The zero-order valence-corrected chi connectivity index (χ0v) is 13.0. The van der Waals surface area contributed by atoms with Gasteiger partial charge in [0.05, 0.1) is 17.6 Å². The maximum atomic E-state index is 12.6. The van der Waals surface area contributed by atoms with Crippen molar-refractivity contribution in [1.29, 1.82) is 5.26 Å². The predicted molar refractivity (Wildman–Crippen MR) is 78.5 cm³/mol. The number of amides is 1. The van der Waals surface area contributed by atoms with Crippen LogP contribution in [0.2, 0.25) is 0 Å². The number of alkyl carbamates (subject to hydrolysis) is 1. The Bertz CT molecular complexity index is 688. The first kappa shape index (κ1) is 16.3. The molecular formula is C14H17N3O4S. The summed E-state index contributed by atoms with van der Waals surface area (Å²) in [4.78, 5) is 11.2. The monoisotopic (exact) mass is 323 g/mol. The van der Waals surface area contributed by atoms with Gasteiger partial charge in [-0.05, 0) is 25.0 Å². The number of rotatable bonds is 3. The molecule has 8 heteroatoms. The van der Waals surface area contributed by atoms with Gasteiger partial charge in [0.1, 0.15) is 6.07 Å². The van der Waals surface area contributed by atoms with Gasteiger partial charge in [-0.2, -0.15) is 9.57 Å². The fourth-order valence-corrected chi connectivity index (χ4v) is 4.00. The number of nitrogens with zero attached hydrogens (tertiary/aromatic N) is 2. The second kappa shape index (κ2) is 6.77. The normalized spacial score (nSPS) is 16.7. The van der Waals surface area contributed by atoms with E-state index in [1.165, 1.54) is 23.5 Å². The molecule has 22 heavy (non-hydrogen) atoms. The Balaban J connectivity index is 2.10. The number of carbonyl (C=O) groups is 1. The largest absolute Gasteiger partial charge is 0.453 e. The number of piperidine rings is 1. The van der Waals surface area contributed by atoms with Crippen molar-refractivity contribution in [3.05, 3.63) is 29.8 Å². The summed E-state index contributed by atoms with van der Waals surface area (Å²) in [6, 6.07) is 7.94. The van der Waals surface area contributed by atoms with Crippen LogP contribution >= 0.6 is 0 Å². The van der Waals surface area contributed by atoms with Crippen LogP contribution in [0.5, 0.6) is 0 Å². The Morgan fingerprint density at radius 1 is 1.36 bits per heavy atom. The fourth-order valence-electron chi connectivity index (χ4n) is 2.39. The molecule has 1 amide bonds. The first-order valence-corrected chi connectivity index (χ1v) is 8.27. The maximum Gasteiger partial charge on any atom is 0.407 e. The van der Waals surface area contributed by atoms with Crippen LogP contribution in [0, 0.1) is 11.3 Å². The zero-order valence-electron chi connectivity index (χ0n) is 12.2. The second-order valence-corrected chi connectivity index (χ2v) is 6.83. The van der Waals surface area contributed by atoms with Crippen molar-refractivity contribution in [3.63, 3.8) is 0 Å². The van der Waals surface area contributed by atoms with Gasteiger partial charge >= 0.3 is 6.09 Å². The molecule has 1 aromatic carbocycles. The topological polar surface area (TPSA) is 99.5 Å². The van der Waals surface area contributed by atoms with E-state index in [0.717, 1.165) is 0 Å². The number of methoxy groups -OCH3 is 1. The molecule has 2 rings (SSSR count). The van der Waals surface area contributed by atoms with E-state index < -0.39 is 16.1 Å². The molecule has 0 radical (unpaired) electrons. The van der Waals surface area contributed by atoms with Gasteiger partial charge < -0.3 is 10.1 Å². The van der Waals surface area contributed by atoms with Crippen molar-refractivity contribution in [1.82, 2.24) is 9.62 Å². The maximum absolute atomic E-state index is 12.6. The van der Waals surface area contributed by atoms with E-state index in [0.29, 0.717) is 12.8 Å². The molecule has 1 aliphatic heterocycles. The van der Waals surface area contributed by atoms with Crippen LogP contribution < -0.4 is 5.32 Å². The van der Waals surface area contributed by atoms with Crippen molar-refractivity contribution in [2.24, 2.45) is 0 Å². The SMILES string of the molecule is COC(=O)NC1CCN(S(=O)(=O)c2ccccc2C#N)CC1. The van der Waals surface area contributed by atoms with Crippen LogP contribution in [0.3, 0.4) is 0 Å². The van der Waals surface area contributed by atoms with Crippen LogP contribution in [-0.4, -0.2) is 45.1 Å². The molecule has 1 heterocycles. The van der Waals surface area contributed by atoms with Crippen LogP contribution in [-0.2, 0) is 14.8 Å². The number of hydrogen-bond donors (Lipinski definition) is 1. The first-order valence-electron chi connectivity index (χ1n) is 6.83. The van der Waals surface area contributed by atoms with Crippen molar-refractivity contribution in [2.75, 3.05) is 20.2 Å². The summed E-state index contributed by atoms with van der Waals surface area (Å²) in [6.45, 7) is 0.577. The van der Waals surface area contributed by atoms with Crippen LogP contribution in [0.4, 0.5) is 4.79 Å². The Hall–Kier alpha value is -2.11. The van der Waals surface area contributed by atoms with E-state index >= 15 is 0 Å². The summed E-state index contributed by atoms with van der Waals surface area (Å²) in [7, 11) is -2.41. The molecule has 0 bridgehead atoms. The second-order valence-electron chi connectivity index (χ2n) is 4.92. The zero-order chi connectivity index (χ0) is 16.2. The highest BCUT2D eigenvalue weighted by atomic mass is 32.2. The van der Waals surface area contributed by atoms with Crippen molar-refractivity contribution < 1.29 is 17.9 Å². The van der Waals surface area contributed by atoms with E-state index in [9.17, 15) is 13.2 Å². The highest BCUT2D eigenvalue weighted by Crippen LogP contribution is 2.23. The molecule has 1 aliphatic rings. The van der Waals surface area contributed by atoms with Crippen LogP contribution in [0.1, 0.15) is 18.4 Å². The van der Waals surface area contributed by atoms with Crippen molar-refractivity contribution in [2.45, 2.75) is 23.8 Å². The van der Waals surface area contributed by atoms with Gasteiger partial charge in [0.25, 0.3) is 0 Å². The minimum atomic E-state index is -3.70. The number of benzene rings is 1. The number of nitrogens with one attached hydrogen (secondary N) is 1. The predicted octanol–water partition coefficient (Wildman–Crippen LogP) is 1.07. The fraction of sp³-hybridized carbons (Fsp3) is 0.429. The minimum absolute atomic E-state index is 0.0249. The van der Waals surface area contributed by atoms with Gasteiger partial charge in [0, 0.05) is 19.1 Å². The van der Waals surface area contributed by atoms with Crippen molar-refractivity contribution in [3.8, 4) is 6.07 Å². The number of sulfonamides is 1. The molecule has 1 fully saturated rings. The highest BCUT2D eigenvalue weighted by molar-refractivity contribution is 7.89. The first-order chi connectivity index (χ1) is 10.5. The minimum Gasteiger partial charge on any atom is -0.453 e. The lowest BCUT2D eigenvalue weighted by Crippen LogP contribution is -2.46. The summed E-state index contributed by atoms with van der Waals surface area (Å²) < 4.78 is 31.1. The van der Waals surface area contributed by atoms with Crippen molar-refractivity contribution >= 4 is 16.1 Å². The van der Waals surface area contributed by atoms with E-state index in [4.69, 9.17) is 5.26 Å². The molecule has 1 aromatic rings. The third kappa shape index (κ3) is 3.37. The average molecular weight is 323 g/mol. The standard InChI is InChI=1S/C14H17N3O4S/c1-21-14(18)16-12-6-8-17(9-7-12)22(19,20)13-5-3-2-4-11(13)10-15/h2-5,12H,6-9H2,1H3,(H,16,18). The lowest BCUT2D eigenvalue weighted by Gasteiger charge is -2.31. The summed E-state index contributed by atoms with van der Waals surface area (Å²) in [5.41, 5.74) is 0.136. The van der Waals surface area contributed by atoms with Gasteiger partial charge in [-0.25, -0.2) is 13.2 Å². The molecule has 0 unspecified atom stereocenters. The lowest BCUT2D eigenvalue weighted by atomic mass is 10.1. The number of ether oxygens (including phenoxy) is 1. The van der Waals surface area contributed by atoms with Gasteiger partial charge in [-0.1, -0.05) is 12.1 Å². The third-order valence-corrected chi connectivity index (χ3v) is 5.54. The molecule has 0 spiro atoms. The quantitative estimate of drug-likeness (QED) is 0.897. The van der Waals surface area contributed by atoms with Gasteiger partial charge in [-0.15, -0.1) is 0 Å². The van der Waals surface area contributed by atoms with Crippen LogP contribution in [0.15, 0.2) is 29.2 Å². The summed E-state index contributed by atoms with van der Waals surface area (Å²) in [5.74, 6) is 0. The van der Waals surface area contributed by atoms with E-state index in [1.54, 1.807) is 12.1 Å². The average Bonchev–Trinajstić information content (AvgIpc) is 2.55. The molecule has 118 valence electrons. The van der Waals surface area contributed by atoms with E-state index in [-0.39, 0.29) is 29.6 Å². The highest BCUT2D eigenvalue weighted by Gasteiger charge is 2.31. The Kier molecular flexibility index (Phi) is 5.00. The van der Waals surface area contributed by atoms with E-state index in [1.807, 2.05) is 6.07 Å². The molecular weight excluding hydrogens is 306 g/mol. The van der Waals surface area contributed by atoms with E-state index in [2.05, 4.69) is 10.1 Å². The molecule has 0 aliphatic carbocycles. The molecule has 0 saturated carbocycles. The van der Waals surface area contributed by atoms with Crippen LogP contribution in [0.25, 0.3) is 0 Å². The smallest absolute Gasteiger partial charge is 0.407 e. The summed E-state index contributed by atoms with van der Waals surface area (Å²) in [6.07, 6.45) is 0.489. The third-order valence-electron chi connectivity index (χ3n) is 3.59. The lowest BCUT2D eigenvalue weighted by molar-refractivity contribution is 0.161. The summed E-state index contributed by atoms with van der Waals surface area (Å²) in [5, 5.41) is 11.7. The molecule has 0 aromatic heterocycles. The number of carbonyl (C=O) groups excluding carboxylic acids is 1. The van der Waals surface area contributed by atoms with Gasteiger partial charge in [0.15, 0.2) is 0 Å². The molecule has 1 N–H and O–H groups in total. The molecule has 1 saturated heterocycles.